The van der Waals surface area contributed by atoms with E-state index in [4.69, 9.17) is 4.74 Å². The fourth-order valence-corrected chi connectivity index (χ4v) is 3.44. The molecular weight excluding hydrogens is 308 g/mol. The van der Waals surface area contributed by atoms with Gasteiger partial charge in [-0.3, -0.25) is 4.79 Å². The number of carbonyl (C=O) groups is 1. The Morgan fingerprint density at radius 3 is 2.78 bits per heavy atom. The van der Waals surface area contributed by atoms with Crippen molar-refractivity contribution < 1.29 is 9.53 Å². The zero-order valence-electron chi connectivity index (χ0n) is 13.5. The monoisotopic (exact) mass is 330 g/mol. The number of thiazole rings is 1. The van der Waals surface area contributed by atoms with Crippen LogP contribution in [0.15, 0.2) is 29.6 Å². The highest BCUT2D eigenvalue weighted by atomic mass is 32.1. The summed E-state index contributed by atoms with van der Waals surface area (Å²) in [7, 11) is 0. The maximum absolute atomic E-state index is 12.3. The molecule has 1 saturated heterocycles. The third-order valence-corrected chi connectivity index (χ3v) is 4.95. The Morgan fingerprint density at radius 1 is 1.35 bits per heavy atom. The van der Waals surface area contributed by atoms with Gasteiger partial charge < -0.3 is 10.1 Å². The van der Waals surface area contributed by atoms with Crippen molar-refractivity contribution in [2.24, 2.45) is 0 Å². The Bertz CT molecular complexity index is 658. The largest absolute Gasteiger partial charge is 0.379 e. The predicted molar refractivity (Wildman–Crippen MR) is 92.9 cm³/mol. The van der Waals surface area contributed by atoms with Crippen molar-refractivity contribution in [1.29, 1.82) is 0 Å². The molecule has 1 amide bonds. The summed E-state index contributed by atoms with van der Waals surface area (Å²) in [6.45, 7) is 5.74. The summed E-state index contributed by atoms with van der Waals surface area (Å²) in [6.07, 6.45) is 1.97. The molecule has 23 heavy (non-hydrogen) atoms. The molecule has 0 aliphatic carbocycles. The molecule has 1 aromatic carbocycles. The lowest BCUT2D eigenvalue weighted by Crippen LogP contribution is -2.40. The molecule has 0 bridgehead atoms. The SMILES string of the molecule is CC(C)c1ccc(-c2nc(C(=O)NC3CCCOC3)cs2)cc1. The minimum atomic E-state index is -0.109. The number of benzene rings is 1. The first kappa shape index (κ1) is 16.1. The summed E-state index contributed by atoms with van der Waals surface area (Å²) in [5.74, 6) is 0.404. The number of amides is 1. The number of ether oxygens (including phenoxy) is 1. The second-order valence-corrected chi connectivity index (χ2v) is 7.06. The van der Waals surface area contributed by atoms with Crippen LogP contribution in [0.1, 0.15) is 48.7 Å². The smallest absolute Gasteiger partial charge is 0.271 e. The van der Waals surface area contributed by atoms with Crippen molar-refractivity contribution in [3.05, 3.63) is 40.9 Å². The lowest BCUT2D eigenvalue weighted by Gasteiger charge is -2.22. The summed E-state index contributed by atoms with van der Waals surface area (Å²) in [5, 5.41) is 5.71. The van der Waals surface area contributed by atoms with Crippen LogP contribution in [0, 0.1) is 0 Å². The van der Waals surface area contributed by atoms with E-state index in [1.165, 1.54) is 16.9 Å². The van der Waals surface area contributed by atoms with Crippen LogP contribution < -0.4 is 5.32 Å². The van der Waals surface area contributed by atoms with Gasteiger partial charge in [0.05, 0.1) is 12.6 Å². The van der Waals surface area contributed by atoms with Crippen LogP contribution in [0.5, 0.6) is 0 Å². The molecule has 2 heterocycles. The fourth-order valence-electron chi connectivity index (χ4n) is 2.64. The van der Waals surface area contributed by atoms with Crippen molar-refractivity contribution in [2.75, 3.05) is 13.2 Å². The number of carbonyl (C=O) groups excluding carboxylic acids is 1. The highest BCUT2D eigenvalue weighted by Crippen LogP contribution is 2.25. The first-order valence-electron chi connectivity index (χ1n) is 8.08. The number of hydrogen-bond donors (Lipinski definition) is 1. The molecule has 3 rings (SSSR count). The van der Waals surface area contributed by atoms with E-state index in [0.717, 1.165) is 30.0 Å². The second-order valence-electron chi connectivity index (χ2n) is 6.20. The van der Waals surface area contributed by atoms with Gasteiger partial charge >= 0.3 is 0 Å². The van der Waals surface area contributed by atoms with E-state index in [2.05, 4.69) is 48.4 Å². The normalized spacial score (nSPS) is 18.1. The van der Waals surface area contributed by atoms with Gasteiger partial charge in [-0.05, 0) is 24.3 Å². The quantitative estimate of drug-likeness (QED) is 0.926. The zero-order valence-corrected chi connectivity index (χ0v) is 14.4. The maximum atomic E-state index is 12.3. The summed E-state index contributed by atoms with van der Waals surface area (Å²) in [4.78, 5) is 16.8. The maximum Gasteiger partial charge on any atom is 0.271 e. The summed E-state index contributed by atoms with van der Waals surface area (Å²) in [5.41, 5.74) is 2.85. The summed E-state index contributed by atoms with van der Waals surface area (Å²) < 4.78 is 5.39. The minimum absolute atomic E-state index is 0.103. The van der Waals surface area contributed by atoms with Crippen molar-refractivity contribution in [2.45, 2.75) is 38.6 Å². The van der Waals surface area contributed by atoms with Gasteiger partial charge in [0, 0.05) is 17.6 Å². The van der Waals surface area contributed by atoms with E-state index in [1.54, 1.807) is 0 Å². The van der Waals surface area contributed by atoms with Gasteiger partial charge in [0.15, 0.2) is 0 Å². The van der Waals surface area contributed by atoms with Crippen LogP contribution in [0.4, 0.5) is 0 Å². The van der Waals surface area contributed by atoms with Gasteiger partial charge in [0.25, 0.3) is 5.91 Å². The fraction of sp³-hybridized carbons (Fsp3) is 0.444. The molecule has 0 spiro atoms. The predicted octanol–water partition coefficient (Wildman–Crippen LogP) is 3.84. The van der Waals surface area contributed by atoms with E-state index in [0.29, 0.717) is 18.2 Å². The van der Waals surface area contributed by atoms with Gasteiger partial charge in [-0.2, -0.15) is 0 Å². The van der Waals surface area contributed by atoms with Gasteiger partial charge in [-0.15, -0.1) is 11.3 Å². The van der Waals surface area contributed by atoms with Crippen molar-refractivity contribution >= 4 is 17.2 Å². The molecule has 0 radical (unpaired) electrons. The van der Waals surface area contributed by atoms with E-state index in [9.17, 15) is 4.79 Å². The minimum Gasteiger partial charge on any atom is -0.379 e. The molecule has 1 aromatic heterocycles. The van der Waals surface area contributed by atoms with Crippen LogP contribution in [0.2, 0.25) is 0 Å². The lowest BCUT2D eigenvalue weighted by molar-refractivity contribution is 0.0622. The van der Waals surface area contributed by atoms with Gasteiger partial charge in [-0.25, -0.2) is 4.98 Å². The van der Waals surface area contributed by atoms with Crippen LogP contribution >= 0.6 is 11.3 Å². The number of aromatic nitrogens is 1. The number of rotatable bonds is 4. The molecule has 2 aromatic rings. The Kier molecular flexibility index (Phi) is 5.08. The molecule has 1 aliphatic heterocycles. The van der Waals surface area contributed by atoms with Gasteiger partial charge in [-0.1, -0.05) is 38.1 Å². The molecule has 0 saturated carbocycles. The first-order chi connectivity index (χ1) is 11.1. The Labute approximate surface area is 140 Å². The first-order valence-corrected chi connectivity index (χ1v) is 8.96. The van der Waals surface area contributed by atoms with Crippen LogP contribution in [-0.2, 0) is 4.74 Å². The molecule has 1 unspecified atom stereocenters. The molecule has 122 valence electrons. The van der Waals surface area contributed by atoms with E-state index < -0.39 is 0 Å². The molecule has 5 heteroatoms. The lowest BCUT2D eigenvalue weighted by atomic mass is 10.0. The molecule has 4 nitrogen and oxygen atoms in total. The Morgan fingerprint density at radius 2 is 2.13 bits per heavy atom. The number of nitrogens with zero attached hydrogens (tertiary/aromatic N) is 1. The van der Waals surface area contributed by atoms with Crippen LogP contribution in [0.3, 0.4) is 0 Å². The van der Waals surface area contributed by atoms with E-state index in [1.807, 2.05) is 5.38 Å². The van der Waals surface area contributed by atoms with Gasteiger partial charge in [0.1, 0.15) is 10.7 Å². The number of hydrogen-bond acceptors (Lipinski definition) is 4. The second kappa shape index (κ2) is 7.23. The summed E-state index contributed by atoms with van der Waals surface area (Å²) in [6, 6.07) is 8.50. The van der Waals surface area contributed by atoms with Crippen molar-refractivity contribution in [3.8, 4) is 10.6 Å². The molecule has 1 atom stereocenters. The highest BCUT2D eigenvalue weighted by molar-refractivity contribution is 7.13. The highest BCUT2D eigenvalue weighted by Gasteiger charge is 2.19. The average Bonchev–Trinajstić information content (AvgIpc) is 3.06. The van der Waals surface area contributed by atoms with Crippen LogP contribution in [0.25, 0.3) is 10.6 Å². The van der Waals surface area contributed by atoms with Gasteiger partial charge in [0.2, 0.25) is 0 Å². The molecule has 1 aliphatic rings. The topological polar surface area (TPSA) is 51.2 Å². The molecule has 1 fully saturated rings. The Balaban J connectivity index is 1.68. The third-order valence-electron chi connectivity index (χ3n) is 4.06. The Hall–Kier alpha value is -1.72. The average molecular weight is 330 g/mol. The summed E-state index contributed by atoms with van der Waals surface area (Å²) >= 11 is 1.50. The third kappa shape index (κ3) is 3.98. The number of nitrogens with one attached hydrogen (secondary N) is 1. The van der Waals surface area contributed by atoms with E-state index >= 15 is 0 Å². The van der Waals surface area contributed by atoms with Crippen LogP contribution in [-0.4, -0.2) is 30.1 Å². The molecular formula is C18H22N2O2S. The van der Waals surface area contributed by atoms with Crippen molar-refractivity contribution in [3.63, 3.8) is 0 Å². The molecule has 1 N–H and O–H groups in total. The standard InChI is InChI=1S/C18H22N2O2S/c1-12(2)13-5-7-14(8-6-13)18-20-16(11-23-18)17(21)19-15-4-3-9-22-10-15/h5-8,11-12,15H,3-4,9-10H2,1-2H3,(H,19,21). The van der Waals surface area contributed by atoms with Crippen molar-refractivity contribution in [1.82, 2.24) is 10.3 Å². The zero-order chi connectivity index (χ0) is 16.2. The van der Waals surface area contributed by atoms with E-state index in [-0.39, 0.29) is 11.9 Å².